The van der Waals surface area contributed by atoms with Crippen LogP contribution < -0.4 is 20.7 Å². The molecule has 0 aliphatic heterocycles. The molecule has 4 rings (SSSR count). The van der Waals surface area contributed by atoms with E-state index in [0.717, 1.165) is 17.1 Å². The van der Waals surface area contributed by atoms with Gasteiger partial charge in [0.15, 0.2) is 0 Å². The normalized spacial score (nSPS) is 10.5. The van der Waals surface area contributed by atoms with Crippen molar-refractivity contribution in [3.05, 3.63) is 120 Å². The van der Waals surface area contributed by atoms with E-state index >= 15 is 0 Å². The second-order valence-corrected chi connectivity index (χ2v) is 11.0. The molecule has 3 N–H and O–H groups in total. The Morgan fingerprint density at radius 2 is 1.20 bits per heavy atom. The fourth-order valence-corrected chi connectivity index (χ4v) is 5.39. The van der Waals surface area contributed by atoms with Gasteiger partial charge in [0.1, 0.15) is 5.75 Å². The molecular weight excluding hydrogens is 555 g/mol. The molecule has 0 aliphatic carbocycles. The van der Waals surface area contributed by atoms with Gasteiger partial charge < -0.3 is 20.7 Å². The van der Waals surface area contributed by atoms with Crippen LogP contribution in [0.1, 0.15) is 21.5 Å². The first-order chi connectivity index (χ1) is 20.0. The summed E-state index contributed by atoms with van der Waals surface area (Å²) in [6, 6.07) is 31.7. The number of hydrogen-bond acceptors (Lipinski definition) is 6. The summed E-state index contributed by atoms with van der Waals surface area (Å²) >= 11 is 3.04. The number of carbonyl (C=O) groups is 3. The first-order valence-electron chi connectivity index (χ1n) is 12.9. The molecule has 4 aromatic rings. The maximum atomic E-state index is 13.0. The molecule has 0 aromatic heterocycles. The molecular formula is C32H31N3O4S2. The predicted molar refractivity (Wildman–Crippen MR) is 170 cm³/mol. The summed E-state index contributed by atoms with van der Waals surface area (Å²) in [6.07, 6.45) is 0. The van der Waals surface area contributed by atoms with Gasteiger partial charge in [0.25, 0.3) is 5.91 Å². The van der Waals surface area contributed by atoms with Gasteiger partial charge in [-0.1, -0.05) is 60.7 Å². The number of methoxy groups -OCH3 is 1. The van der Waals surface area contributed by atoms with Gasteiger partial charge in [0.2, 0.25) is 11.8 Å². The van der Waals surface area contributed by atoms with Crippen molar-refractivity contribution in [2.75, 3.05) is 34.6 Å². The van der Waals surface area contributed by atoms with E-state index in [1.807, 2.05) is 60.7 Å². The Balaban J connectivity index is 1.30. The number of thioether (sulfide) groups is 2. The number of carbonyl (C=O) groups excluding carboxylic acids is 3. The Morgan fingerprint density at radius 1 is 0.634 bits per heavy atom. The van der Waals surface area contributed by atoms with E-state index in [0.29, 0.717) is 34.1 Å². The number of amides is 3. The molecule has 41 heavy (non-hydrogen) atoms. The highest BCUT2D eigenvalue weighted by Gasteiger charge is 2.13. The number of hydrogen-bond donors (Lipinski definition) is 3. The van der Waals surface area contributed by atoms with Crippen LogP contribution in [0.3, 0.4) is 0 Å². The second-order valence-electron chi connectivity index (χ2n) is 9.00. The van der Waals surface area contributed by atoms with Crippen molar-refractivity contribution in [1.29, 1.82) is 0 Å². The monoisotopic (exact) mass is 585 g/mol. The molecule has 0 heterocycles. The lowest BCUT2D eigenvalue weighted by molar-refractivity contribution is -0.114. The molecule has 9 heteroatoms. The van der Waals surface area contributed by atoms with Crippen molar-refractivity contribution in [3.8, 4) is 5.75 Å². The van der Waals surface area contributed by atoms with E-state index in [-0.39, 0.29) is 23.5 Å². The summed E-state index contributed by atoms with van der Waals surface area (Å²) in [7, 11) is 1.54. The maximum absolute atomic E-state index is 13.0. The van der Waals surface area contributed by atoms with Crippen molar-refractivity contribution >= 4 is 58.3 Å². The topological polar surface area (TPSA) is 96.5 Å². The summed E-state index contributed by atoms with van der Waals surface area (Å²) in [4.78, 5) is 38.0. The van der Waals surface area contributed by atoms with Crippen LogP contribution >= 0.6 is 23.5 Å². The lowest BCUT2D eigenvalue weighted by atomic mass is 10.1. The van der Waals surface area contributed by atoms with Crippen LogP contribution in [0, 0.1) is 0 Å². The van der Waals surface area contributed by atoms with E-state index in [2.05, 4.69) is 16.0 Å². The van der Waals surface area contributed by atoms with Crippen LogP contribution in [-0.2, 0) is 21.1 Å². The largest absolute Gasteiger partial charge is 0.497 e. The van der Waals surface area contributed by atoms with Gasteiger partial charge in [0, 0.05) is 28.8 Å². The van der Waals surface area contributed by atoms with Gasteiger partial charge in [-0.2, -0.15) is 0 Å². The molecule has 210 valence electrons. The zero-order chi connectivity index (χ0) is 28.9. The third-order valence-electron chi connectivity index (χ3n) is 5.87. The van der Waals surface area contributed by atoms with E-state index in [1.165, 1.54) is 36.2 Å². The van der Waals surface area contributed by atoms with Crippen LogP contribution in [0.15, 0.2) is 103 Å². The van der Waals surface area contributed by atoms with Crippen LogP contribution in [0.4, 0.5) is 17.1 Å². The molecule has 3 amide bonds. The van der Waals surface area contributed by atoms with Gasteiger partial charge in [0.05, 0.1) is 30.0 Å². The number of ether oxygens (including phenoxy) is 1. The highest BCUT2D eigenvalue weighted by molar-refractivity contribution is 7.99. The highest BCUT2D eigenvalue weighted by atomic mass is 32.2. The molecule has 0 bridgehead atoms. The van der Waals surface area contributed by atoms with Crippen LogP contribution in [0.2, 0.25) is 0 Å². The number of rotatable bonds is 13. The van der Waals surface area contributed by atoms with Crippen molar-refractivity contribution in [3.63, 3.8) is 0 Å². The fourth-order valence-electron chi connectivity index (χ4n) is 3.82. The van der Waals surface area contributed by atoms with E-state index < -0.39 is 0 Å². The summed E-state index contributed by atoms with van der Waals surface area (Å²) in [5.41, 5.74) is 4.23. The Bertz CT molecular complexity index is 1450. The van der Waals surface area contributed by atoms with E-state index in [1.54, 1.807) is 42.5 Å². The van der Waals surface area contributed by atoms with E-state index in [9.17, 15) is 14.4 Å². The molecule has 0 aliphatic rings. The minimum atomic E-state index is -0.347. The summed E-state index contributed by atoms with van der Waals surface area (Å²) < 4.78 is 5.31. The molecule has 0 saturated carbocycles. The molecule has 0 saturated heterocycles. The molecule has 7 nitrogen and oxygen atoms in total. The third kappa shape index (κ3) is 9.73. The zero-order valence-corrected chi connectivity index (χ0v) is 24.2. The van der Waals surface area contributed by atoms with Crippen LogP contribution in [-0.4, -0.2) is 36.3 Å². The SMILES string of the molecule is COc1ccc(NC(=O)c2ccc(NC(=O)CSCc3ccccc3)cc2)c(NC(=O)CSCc2ccccc2)c1. The van der Waals surface area contributed by atoms with Gasteiger partial charge in [-0.15, -0.1) is 23.5 Å². The molecule has 0 radical (unpaired) electrons. The summed E-state index contributed by atoms with van der Waals surface area (Å²) in [5.74, 6) is 1.98. The molecule has 0 atom stereocenters. The Hall–Kier alpha value is -4.21. The number of benzene rings is 4. The first-order valence-corrected chi connectivity index (χ1v) is 15.2. The predicted octanol–water partition coefficient (Wildman–Crippen LogP) is 6.69. The van der Waals surface area contributed by atoms with Crippen molar-refractivity contribution < 1.29 is 19.1 Å². The Kier molecular flexibility index (Phi) is 11.3. The average Bonchev–Trinajstić information content (AvgIpc) is 2.99. The Morgan fingerprint density at radius 3 is 1.76 bits per heavy atom. The van der Waals surface area contributed by atoms with E-state index in [4.69, 9.17) is 4.74 Å². The number of anilines is 3. The maximum Gasteiger partial charge on any atom is 0.255 e. The highest BCUT2D eigenvalue weighted by Crippen LogP contribution is 2.28. The molecule has 0 unspecified atom stereocenters. The molecule has 4 aromatic carbocycles. The summed E-state index contributed by atoms with van der Waals surface area (Å²) in [5, 5.41) is 8.60. The standard InChI is InChI=1S/C32H31N3O4S2/c1-39-27-16-17-28(29(18-27)34-31(37)22-41-20-24-10-6-3-7-11-24)35-32(38)25-12-14-26(15-13-25)33-30(36)21-40-19-23-8-4-2-5-9-23/h2-18H,19-22H2,1H3,(H,33,36)(H,34,37)(H,35,38). The smallest absolute Gasteiger partial charge is 0.255 e. The Labute approximate surface area is 248 Å². The van der Waals surface area contributed by atoms with Gasteiger partial charge >= 0.3 is 0 Å². The first kappa shape index (κ1) is 29.8. The van der Waals surface area contributed by atoms with Crippen molar-refractivity contribution in [1.82, 2.24) is 0 Å². The van der Waals surface area contributed by atoms with Gasteiger partial charge in [-0.05, 0) is 47.5 Å². The van der Waals surface area contributed by atoms with Gasteiger partial charge in [-0.25, -0.2) is 0 Å². The van der Waals surface area contributed by atoms with Gasteiger partial charge in [-0.3, -0.25) is 14.4 Å². The van der Waals surface area contributed by atoms with Crippen LogP contribution in [0.25, 0.3) is 0 Å². The average molecular weight is 586 g/mol. The fraction of sp³-hybridized carbons (Fsp3) is 0.156. The quantitative estimate of drug-likeness (QED) is 0.162. The zero-order valence-electron chi connectivity index (χ0n) is 22.6. The molecule has 0 spiro atoms. The minimum absolute atomic E-state index is 0.108. The van der Waals surface area contributed by atoms with Crippen LogP contribution in [0.5, 0.6) is 5.75 Å². The van der Waals surface area contributed by atoms with Crippen molar-refractivity contribution in [2.45, 2.75) is 11.5 Å². The lowest BCUT2D eigenvalue weighted by Gasteiger charge is -2.14. The summed E-state index contributed by atoms with van der Waals surface area (Å²) in [6.45, 7) is 0. The third-order valence-corrected chi connectivity index (χ3v) is 7.88. The number of nitrogens with one attached hydrogen (secondary N) is 3. The lowest BCUT2D eigenvalue weighted by Crippen LogP contribution is -2.18. The second kappa shape index (κ2) is 15.5. The molecule has 0 fully saturated rings. The minimum Gasteiger partial charge on any atom is -0.497 e. The van der Waals surface area contributed by atoms with Crippen molar-refractivity contribution in [2.24, 2.45) is 0 Å².